The predicted molar refractivity (Wildman–Crippen MR) is 75.0 cm³/mol. The molecule has 0 aliphatic rings. The van der Waals surface area contributed by atoms with E-state index >= 15 is 0 Å². The van der Waals surface area contributed by atoms with Gasteiger partial charge >= 0.3 is 0 Å². The summed E-state index contributed by atoms with van der Waals surface area (Å²) >= 11 is 0. The zero-order valence-electron chi connectivity index (χ0n) is 11.6. The van der Waals surface area contributed by atoms with Gasteiger partial charge in [-0.15, -0.1) is 0 Å². The molecular formula is C15H21N3. The van der Waals surface area contributed by atoms with Crippen LogP contribution in [0.15, 0.2) is 30.6 Å². The van der Waals surface area contributed by atoms with Gasteiger partial charge in [-0.05, 0) is 36.6 Å². The van der Waals surface area contributed by atoms with Crippen molar-refractivity contribution in [2.45, 2.75) is 40.3 Å². The third kappa shape index (κ3) is 2.99. The number of nitrogens with one attached hydrogen (secondary N) is 1. The van der Waals surface area contributed by atoms with Gasteiger partial charge in [0.15, 0.2) is 0 Å². The first-order valence-corrected chi connectivity index (χ1v) is 6.41. The second-order valence-corrected chi connectivity index (χ2v) is 5.12. The lowest BCUT2D eigenvalue weighted by molar-refractivity contribution is 0.588. The van der Waals surface area contributed by atoms with Gasteiger partial charge in [0, 0.05) is 18.8 Å². The van der Waals surface area contributed by atoms with Crippen molar-refractivity contribution in [2.75, 3.05) is 0 Å². The van der Waals surface area contributed by atoms with Crippen molar-refractivity contribution in [1.29, 1.82) is 0 Å². The standard InChI is InChI=1S/C15H21N3/c1-11(2)16-9-14-6-5-13(4)15(7-14)18-10-12(3)8-17-18/h5-8,10-11,16H,9H2,1-4H3. The number of hydrogen-bond acceptors (Lipinski definition) is 2. The molecular weight excluding hydrogens is 222 g/mol. The minimum absolute atomic E-state index is 0.502. The number of benzene rings is 1. The molecule has 0 amide bonds. The van der Waals surface area contributed by atoms with Crippen molar-refractivity contribution in [1.82, 2.24) is 15.1 Å². The Morgan fingerprint density at radius 3 is 2.67 bits per heavy atom. The molecule has 3 nitrogen and oxygen atoms in total. The molecule has 0 aliphatic heterocycles. The lowest BCUT2D eigenvalue weighted by atomic mass is 10.1. The average Bonchev–Trinajstić information content (AvgIpc) is 2.74. The summed E-state index contributed by atoms with van der Waals surface area (Å²) in [6.07, 6.45) is 3.94. The number of aromatic nitrogens is 2. The predicted octanol–water partition coefficient (Wildman–Crippen LogP) is 2.99. The molecule has 18 heavy (non-hydrogen) atoms. The minimum Gasteiger partial charge on any atom is -0.310 e. The van der Waals surface area contributed by atoms with Gasteiger partial charge in [0.1, 0.15) is 0 Å². The maximum atomic E-state index is 4.38. The molecule has 96 valence electrons. The van der Waals surface area contributed by atoms with Crippen LogP contribution in [0.3, 0.4) is 0 Å². The molecule has 0 unspecified atom stereocenters. The molecule has 0 saturated carbocycles. The Morgan fingerprint density at radius 1 is 1.28 bits per heavy atom. The topological polar surface area (TPSA) is 29.9 Å². The van der Waals surface area contributed by atoms with E-state index in [1.54, 1.807) is 0 Å². The van der Waals surface area contributed by atoms with Gasteiger partial charge in [0.2, 0.25) is 0 Å². The Kier molecular flexibility index (Phi) is 3.82. The molecule has 0 aliphatic carbocycles. The van der Waals surface area contributed by atoms with Crippen molar-refractivity contribution in [3.8, 4) is 5.69 Å². The molecule has 0 saturated heterocycles. The van der Waals surface area contributed by atoms with Crippen molar-refractivity contribution < 1.29 is 0 Å². The molecule has 0 atom stereocenters. The molecule has 2 aromatic rings. The SMILES string of the molecule is Cc1cnn(-c2cc(CNC(C)C)ccc2C)c1. The van der Waals surface area contributed by atoms with Crippen molar-refractivity contribution >= 4 is 0 Å². The van der Waals surface area contributed by atoms with E-state index in [0.29, 0.717) is 6.04 Å². The summed E-state index contributed by atoms with van der Waals surface area (Å²) in [5, 5.41) is 7.81. The Bertz CT molecular complexity index is 526. The third-order valence-electron chi connectivity index (χ3n) is 2.95. The summed E-state index contributed by atoms with van der Waals surface area (Å²) in [6.45, 7) is 9.39. The fourth-order valence-electron chi connectivity index (χ4n) is 1.88. The van der Waals surface area contributed by atoms with Gasteiger partial charge in [0.05, 0.1) is 11.9 Å². The summed E-state index contributed by atoms with van der Waals surface area (Å²) in [6, 6.07) is 7.03. The van der Waals surface area contributed by atoms with E-state index in [4.69, 9.17) is 0 Å². The lowest BCUT2D eigenvalue weighted by Gasteiger charge is -2.11. The van der Waals surface area contributed by atoms with Gasteiger partial charge in [0.25, 0.3) is 0 Å². The number of aryl methyl sites for hydroxylation is 2. The van der Waals surface area contributed by atoms with Crippen LogP contribution >= 0.6 is 0 Å². The highest BCUT2D eigenvalue weighted by atomic mass is 15.3. The fraction of sp³-hybridized carbons (Fsp3) is 0.400. The van der Waals surface area contributed by atoms with E-state index in [1.165, 1.54) is 16.7 Å². The average molecular weight is 243 g/mol. The Labute approximate surface area is 109 Å². The lowest BCUT2D eigenvalue weighted by Crippen LogP contribution is -2.21. The number of rotatable bonds is 4. The van der Waals surface area contributed by atoms with E-state index < -0.39 is 0 Å². The van der Waals surface area contributed by atoms with Gasteiger partial charge in [-0.25, -0.2) is 4.68 Å². The van der Waals surface area contributed by atoms with Crippen LogP contribution in [-0.2, 0) is 6.54 Å². The van der Waals surface area contributed by atoms with E-state index in [9.17, 15) is 0 Å². The van der Waals surface area contributed by atoms with E-state index in [0.717, 1.165) is 12.2 Å². The van der Waals surface area contributed by atoms with Crippen LogP contribution < -0.4 is 5.32 Å². The molecule has 1 heterocycles. The summed E-state index contributed by atoms with van der Waals surface area (Å²) in [5.41, 5.74) is 4.87. The molecule has 0 radical (unpaired) electrons. The summed E-state index contributed by atoms with van der Waals surface area (Å²) in [4.78, 5) is 0. The van der Waals surface area contributed by atoms with Crippen LogP contribution in [0.5, 0.6) is 0 Å². The van der Waals surface area contributed by atoms with Crippen LogP contribution in [0.4, 0.5) is 0 Å². The van der Waals surface area contributed by atoms with Gasteiger partial charge in [-0.3, -0.25) is 0 Å². The maximum absolute atomic E-state index is 4.38. The third-order valence-corrected chi connectivity index (χ3v) is 2.95. The Morgan fingerprint density at radius 2 is 2.06 bits per heavy atom. The molecule has 3 heteroatoms. The van der Waals surface area contributed by atoms with Crippen molar-refractivity contribution in [3.63, 3.8) is 0 Å². The van der Waals surface area contributed by atoms with Crippen LogP contribution in [0.1, 0.15) is 30.5 Å². The zero-order valence-corrected chi connectivity index (χ0v) is 11.6. The first-order valence-electron chi connectivity index (χ1n) is 6.41. The monoisotopic (exact) mass is 243 g/mol. The molecule has 1 aromatic carbocycles. The Balaban J connectivity index is 2.27. The fourth-order valence-corrected chi connectivity index (χ4v) is 1.88. The van der Waals surface area contributed by atoms with Crippen molar-refractivity contribution in [3.05, 3.63) is 47.3 Å². The number of hydrogen-bond donors (Lipinski definition) is 1. The maximum Gasteiger partial charge on any atom is 0.0678 e. The highest BCUT2D eigenvalue weighted by Gasteiger charge is 2.04. The van der Waals surface area contributed by atoms with E-state index in [1.807, 2.05) is 10.9 Å². The zero-order chi connectivity index (χ0) is 13.1. The van der Waals surface area contributed by atoms with Gasteiger partial charge < -0.3 is 5.32 Å². The highest BCUT2D eigenvalue weighted by Crippen LogP contribution is 2.16. The smallest absolute Gasteiger partial charge is 0.0678 e. The molecule has 2 rings (SSSR count). The minimum atomic E-state index is 0.502. The van der Waals surface area contributed by atoms with Gasteiger partial charge in [-0.2, -0.15) is 5.10 Å². The van der Waals surface area contributed by atoms with E-state index in [-0.39, 0.29) is 0 Å². The summed E-state index contributed by atoms with van der Waals surface area (Å²) < 4.78 is 1.95. The quantitative estimate of drug-likeness (QED) is 0.894. The van der Waals surface area contributed by atoms with Crippen LogP contribution in [0, 0.1) is 13.8 Å². The second kappa shape index (κ2) is 5.36. The van der Waals surface area contributed by atoms with Crippen molar-refractivity contribution in [2.24, 2.45) is 0 Å². The summed E-state index contributed by atoms with van der Waals surface area (Å²) in [5.74, 6) is 0. The summed E-state index contributed by atoms with van der Waals surface area (Å²) in [7, 11) is 0. The molecule has 0 bridgehead atoms. The second-order valence-electron chi connectivity index (χ2n) is 5.12. The molecule has 1 N–H and O–H groups in total. The number of nitrogens with zero attached hydrogens (tertiary/aromatic N) is 2. The first kappa shape index (κ1) is 12.8. The largest absolute Gasteiger partial charge is 0.310 e. The highest BCUT2D eigenvalue weighted by molar-refractivity contribution is 5.43. The molecule has 1 aromatic heterocycles. The first-order chi connectivity index (χ1) is 8.56. The molecule has 0 fully saturated rings. The normalized spacial score (nSPS) is 11.2. The van der Waals surface area contributed by atoms with Crippen LogP contribution in [-0.4, -0.2) is 15.8 Å². The van der Waals surface area contributed by atoms with Crippen LogP contribution in [0.25, 0.3) is 5.69 Å². The van der Waals surface area contributed by atoms with Crippen LogP contribution in [0.2, 0.25) is 0 Å². The van der Waals surface area contributed by atoms with Gasteiger partial charge in [-0.1, -0.05) is 26.0 Å². The Hall–Kier alpha value is -1.61. The van der Waals surface area contributed by atoms with E-state index in [2.05, 4.69) is 62.5 Å². The molecule has 0 spiro atoms.